The molecule has 0 saturated heterocycles. The van der Waals surface area contributed by atoms with Crippen molar-refractivity contribution in [1.82, 2.24) is 14.5 Å². The largest absolute Gasteiger partial charge is 0.309 e. The Morgan fingerprint density at radius 1 is 0.379 bits per heavy atom. The van der Waals surface area contributed by atoms with Gasteiger partial charge in [0.15, 0.2) is 5.82 Å². The topological polar surface area (TPSA) is 30.7 Å². The molecule has 0 aliphatic rings. The first kappa shape index (κ1) is 32.8. The van der Waals surface area contributed by atoms with E-state index in [1.165, 1.54) is 74.6 Å². The van der Waals surface area contributed by atoms with Crippen LogP contribution in [0.1, 0.15) is 0 Å². The molecule has 4 heteroatoms. The number of nitrogens with zero attached hydrogens (tertiary/aromatic N) is 3. The van der Waals surface area contributed by atoms with Gasteiger partial charge < -0.3 is 4.57 Å². The number of fused-ring (bicyclic) bond motifs is 8. The number of thiophene rings is 1. The second-order valence-electron chi connectivity index (χ2n) is 15.0. The molecule has 12 rings (SSSR count). The van der Waals surface area contributed by atoms with Gasteiger partial charge >= 0.3 is 0 Å². The van der Waals surface area contributed by atoms with Gasteiger partial charge in [-0.05, 0) is 81.2 Å². The molecule has 0 unspecified atom stereocenters. The van der Waals surface area contributed by atoms with Crippen LogP contribution in [0.2, 0.25) is 0 Å². The third-order valence-electron chi connectivity index (χ3n) is 11.6. The van der Waals surface area contributed by atoms with Gasteiger partial charge in [0.25, 0.3) is 0 Å². The maximum absolute atomic E-state index is 5.25. The lowest BCUT2D eigenvalue weighted by atomic mass is 9.94. The van der Waals surface area contributed by atoms with Crippen LogP contribution in [0.3, 0.4) is 0 Å². The number of rotatable bonds is 5. The highest BCUT2D eigenvalue weighted by Crippen LogP contribution is 2.46. The molecule has 12 aromatic rings. The van der Waals surface area contributed by atoms with Crippen molar-refractivity contribution in [3.8, 4) is 50.7 Å². The summed E-state index contributed by atoms with van der Waals surface area (Å²) in [7, 11) is 0. The number of benzene rings is 9. The number of para-hydroxylation sites is 1. The van der Waals surface area contributed by atoms with Crippen molar-refractivity contribution in [3.63, 3.8) is 0 Å². The van der Waals surface area contributed by atoms with E-state index in [1.54, 1.807) is 0 Å². The minimum Gasteiger partial charge on any atom is -0.309 e. The van der Waals surface area contributed by atoms with E-state index in [2.05, 4.69) is 180 Å². The van der Waals surface area contributed by atoms with Crippen molar-refractivity contribution < 1.29 is 0 Å². The summed E-state index contributed by atoms with van der Waals surface area (Å²) in [6.07, 6.45) is 0. The van der Waals surface area contributed by atoms with Crippen LogP contribution < -0.4 is 0 Å². The van der Waals surface area contributed by atoms with Crippen molar-refractivity contribution in [1.29, 1.82) is 0 Å². The smallest absolute Gasteiger partial charge is 0.160 e. The molecule has 3 heterocycles. The molecule has 0 radical (unpaired) electrons. The van der Waals surface area contributed by atoms with Crippen LogP contribution in [-0.2, 0) is 0 Å². The van der Waals surface area contributed by atoms with E-state index >= 15 is 0 Å². The molecule has 58 heavy (non-hydrogen) atoms. The van der Waals surface area contributed by atoms with E-state index in [1.807, 2.05) is 35.6 Å². The summed E-state index contributed by atoms with van der Waals surface area (Å²) in [5, 5.41) is 9.96. The van der Waals surface area contributed by atoms with Gasteiger partial charge in [0.1, 0.15) is 0 Å². The molecule has 3 aromatic heterocycles. The lowest BCUT2D eigenvalue weighted by Gasteiger charge is -2.13. The van der Waals surface area contributed by atoms with Crippen LogP contribution in [0.4, 0.5) is 0 Å². The third kappa shape index (κ3) is 5.27. The van der Waals surface area contributed by atoms with E-state index in [0.29, 0.717) is 0 Å². The SMILES string of the molecule is c1ccc(-c2cc(-c3ccc(-c4ccc5ccc(-n6c7ccccc7c7cc8ccccc8cc76)cc5c4)c4c3sc3ccccc34)nc(-c3ccccc3)n2)cc1. The van der Waals surface area contributed by atoms with Crippen molar-refractivity contribution in [2.75, 3.05) is 0 Å². The minimum absolute atomic E-state index is 0.720. The zero-order valence-corrected chi connectivity index (χ0v) is 32.1. The zero-order valence-electron chi connectivity index (χ0n) is 31.3. The predicted molar refractivity (Wildman–Crippen MR) is 246 cm³/mol. The highest BCUT2D eigenvalue weighted by atomic mass is 32.1. The first-order valence-corrected chi connectivity index (χ1v) is 20.5. The van der Waals surface area contributed by atoms with E-state index in [-0.39, 0.29) is 0 Å². The van der Waals surface area contributed by atoms with Crippen LogP contribution in [-0.4, -0.2) is 14.5 Å². The van der Waals surface area contributed by atoms with Crippen molar-refractivity contribution in [2.24, 2.45) is 0 Å². The molecule has 0 bridgehead atoms. The number of hydrogen-bond acceptors (Lipinski definition) is 3. The van der Waals surface area contributed by atoms with Crippen molar-refractivity contribution in [2.45, 2.75) is 0 Å². The van der Waals surface area contributed by atoms with Gasteiger partial charge in [0, 0.05) is 53.3 Å². The molecule has 0 amide bonds. The van der Waals surface area contributed by atoms with E-state index in [4.69, 9.17) is 9.97 Å². The standard InChI is InChI=1S/C54H33N3S/c1-3-13-35(14-4-1)47-33-48(56-54(55-47)36-15-5-2-6-16-36)44-28-27-42(52-45-20-10-12-22-51(45)58-53(44)52)39-24-23-34-25-26-41(30-40(34)29-39)57-49-21-11-9-19-43(49)46-31-37-17-7-8-18-38(37)32-50(46)57/h1-33H. The monoisotopic (exact) mass is 755 g/mol. The van der Waals surface area contributed by atoms with Crippen LogP contribution in [0.25, 0.3) is 114 Å². The minimum atomic E-state index is 0.720. The maximum Gasteiger partial charge on any atom is 0.160 e. The summed E-state index contributed by atoms with van der Waals surface area (Å²) >= 11 is 1.84. The lowest BCUT2D eigenvalue weighted by molar-refractivity contribution is 1.19. The predicted octanol–water partition coefficient (Wildman–Crippen LogP) is 14.9. The first-order valence-electron chi connectivity index (χ1n) is 19.6. The Kier molecular flexibility index (Phi) is 7.40. The van der Waals surface area contributed by atoms with Gasteiger partial charge in [-0.3, -0.25) is 0 Å². The molecule has 0 N–H and O–H groups in total. The first-order chi connectivity index (χ1) is 28.7. The number of hydrogen-bond donors (Lipinski definition) is 0. The van der Waals surface area contributed by atoms with Crippen molar-refractivity contribution >= 4 is 74.9 Å². The van der Waals surface area contributed by atoms with Crippen LogP contribution >= 0.6 is 11.3 Å². The molecule has 0 aliphatic heterocycles. The quantitative estimate of drug-likeness (QED) is 0.175. The Morgan fingerprint density at radius 2 is 1.05 bits per heavy atom. The highest BCUT2D eigenvalue weighted by molar-refractivity contribution is 7.26. The van der Waals surface area contributed by atoms with Gasteiger partial charge in [-0.25, -0.2) is 9.97 Å². The third-order valence-corrected chi connectivity index (χ3v) is 12.8. The number of aromatic nitrogens is 3. The molecular weight excluding hydrogens is 723 g/mol. The lowest BCUT2D eigenvalue weighted by Crippen LogP contribution is -1.96. The summed E-state index contributed by atoms with van der Waals surface area (Å²) in [6.45, 7) is 0. The van der Waals surface area contributed by atoms with Gasteiger partial charge in [0.05, 0.1) is 22.4 Å². The van der Waals surface area contributed by atoms with Gasteiger partial charge in [-0.2, -0.15) is 0 Å². The molecule has 3 nitrogen and oxygen atoms in total. The fourth-order valence-electron chi connectivity index (χ4n) is 8.80. The zero-order chi connectivity index (χ0) is 38.2. The summed E-state index contributed by atoms with van der Waals surface area (Å²) in [5.74, 6) is 0.720. The maximum atomic E-state index is 5.25. The van der Waals surface area contributed by atoms with Gasteiger partial charge in [0.2, 0.25) is 0 Å². The average molecular weight is 756 g/mol. The summed E-state index contributed by atoms with van der Waals surface area (Å²) in [6, 6.07) is 72.1. The van der Waals surface area contributed by atoms with Crippen LogP contribution in [0.15, 0.2) is 200 Å². The molecular formula is C54H33N3S. The fourth-order valence-corrected chi connectivity index (χ4v) is 10.1. The van der Waals surface area contributed by atoms with E-state index in [9.17, 15) is 0 Å². The summed E-state index contributed by atoms with van der Waals surface area (Å²) in [4.78, 5) is 10.3. The Morgan fingerprint density at radius 3 is 1.90 bits per heavy atom. The second-order valence-corrected chi connectivity index (χ2v) is 16.0. The Balaban J connectivity index is 1.05. The Hall–Kier alpha value is -7.40. The molecule has 0 fully saturated rings. The fraction of sp³-hybridized carbons (Fsp3) is 0. The van der Waals surface area contributed by atoms with E-state index in [0.717, 1.165) is 39.6 Å². The van der Waals surface area contributed by atoms with Crippen LogP contribution in [0.5, 0.6) is 0 Å². The molecule has 9 aromatic carbocycles. The van der Waals surface area contributed by atoms with Gasteiger partial charge in [-0.15, -0.1) is 11.3 Å². The second kappa shape index (κ2) is 13.1. The summed E-state index contributed by atoms with van der Waals surface area (Å²) in [5.41, 5.74) is 11.0. The molecule has 0 saturated carbocycles. The normalized spacial score (nSPS) is 11.8. The summed E-state index contributed by atoms with van der Waals surface area (Å²) < 4.78 is 4.91. The Bertz CT molecular complexity index is 3510. The molecule has 270 valence electrons. The highest BCUT2D eigenvalue weighted by Gasteiger charge is 2.19. The Labute approximate surface area is 338 Å². The van der Waals surface area contributed by atoms with Crippen LogP contribution in [0, 0.1) is 0 Å². The average Bonchev–Trinajstić information content (AvgIpc) is 3.84. The molecule has 0 atom stereocenters. The molecule has 0 spiro atoms. The van der Waals surface area contributed by atoms with E-state index < -0.39 is 0 Å². The van der Waals surface area contributed by atoms with Crippen molar-refractivity contribution in [3.05, 3.63) is 200 Å². The van der Waals surface area contributed by atoms with Gasteiger partial charge in [-0.1, -0.05) is 152 Å². The molecule has 0 aliphatic carbocycles.